The third kappa shape index (κ3) is 4.36. The van der Waals surface area contributed by atoms with E-state index in [0.717, 1.165) is 12.0 Å². The summed E-state index contributed by atoms with van der Waals surface area (Å²) in [6.45, 7) is 0.654. The number of benzene rings is 1. The van der Waals surface area contributed by atoms with Crippen molar-refractivity contribution in [2.24, 2.45) is 0 Å². The first-order chi connectivity index (χ1) is 11.7. The Bertz CT molecular complexity index is 788. The Morgan fingerprint density at radius 2 is 1.79 bits per heavy atom. The summed E-state index contributed by atoms with van der Waals surface area (Å²) < 4.78 is 12.8. The number of carbonyl (C=O) groups is 1. The van der Waals surface area contributed by atoms with Gasteiger partial charge in [0.15, 0.2) is 5.82 Å². The number of thiophene rings is 1. The quantitative estimate of drug-likeness (QED) is 0.718. The van der Waals surface area contributed by atoms with Crippen molar-refractivity contribution in [3.8, 4) is 0 Å². The van der Waals surface area contributed by atoms with Gasteiger partial charge in [0.05, 0.1) is 4.88 Å². The molecule has 0 fully saturated rings. The first-order valence-electron chi connectivity index (χ1n) is 7.37. The van der Waals surface area contributed by atoms with Crippen LogP contribution >= 0.6 is 11.3 Å². The third-order valence-electron chi connectivity index (χ3n) is 3.28. The molecule has 1 amide bonds. The van der Waals surface area contributed by atoms with E-state index in [9.17, 15) is 9.18 Å². The number of nitrogens with one attached hydrogen (secondary N) is 2. The maximum absolute atomic E-state index is 12.8. The number of rotatable bonds is 6. The molecule has 0 saturated heterocycles. The maximum Gasteiger partial charge on any atom is 0.266 e. The average Bonchev–Trinajstić information content (AvgIpc) is 3.13. The van der Waals surface area contributed by atoms with Crippen LogP contribution in [0.3, 0.4) is 0 Å². The molecule has 0 spiro atoms. The number of hydrogen-bond acceptors (Lipinski definition) is 5. The van der Waals surface area contributed by atoms with E-state index in [4.69, 9.17) is 0 Å². The molecule has 5 nitrogen and oxygen atoms in total. The molecule has 0 aliphatic heterocycles. The lowest BCUT2D eigenvalue weighted by Crippen LogP contribution is -2.12. The van der Waals surface area contributed by atoms with Gasteiger partial charge >= 0.3 is 0 Å². The summed E-state index contributed by atoms with van der Waals surface area (Å²) in [5, 5.41) is 15.7. The average molecular weight is 342 g/mol. The Balaban J connectivity index is 1.49. The topological polar surface area (TPSA) is 66.9 Å². The van der Waals surface area contributed by atoms with Crippen LogP contribution in [0.4, 0.5) is 16.0 Å². The molecule has 0 atom stereocenters. The zero-order chi connectivity index (χ0) is 16.8. The number of hydrogen-bond donors (Lipinski definition) is 2. The highest BCUT2D eigenvalue weighted by molar-refractivity contribution is 7.12. The number of aromatic nitrogens is 2. The largest absolute Gasteiger partial charge is 0.368 e. The van der Waals surface area contributed by atoms with E-state index in [1.54, 1.807) is 30.3 Å². The smallest absolute Gasteiger partial charge is 0.266 e. The van der Waals surface area contributed by atoms with Gasteiger partial charge in [0.2, 0.25) is 0 Å². The van der Waals surface area contributed by atoms with Crippen LogP contribution in [0.25, 0.3) is 0 Å². The second-order valence-electron chi connectivity index (χ2n) is 5.04. The normalized spacial score (nSPS) is 10.4. The summed E-state index contributed by atoms with van der Waals surface area (Å²) in [6, 6.07) is 13.4. The molecule has 0 radical (unpaired) electrons. The third-order valence-corrected chi connectivity index (χ3v) is 4.15. The second kappa shape index (κ2) is 7.65. The fraction of sp³-hybridized carbons (Fsp3) is 0.118. The molecule has 0 saturated carbocycles. The van der Waals surface area contributed by atoms with E-state index < -0.39 is 0 Å². The molecular formula is C17H15FN4OS. The summed E-state index contributed by atoms with van der Waals surface area (Å²) in [5.74, 6) is 0.581. The summed E-state index contributed by atoms with van der Waals surface area (Å²) >= 11 is 1.37. The first-order valence-corrected chi connectivity index (χ1v) is 8.25. The molecule has 2 N–H and O–H groups in total. The molecule has 3 aromatic rings. The van der Waals surface area contributed by atoms with Gasteiger partial charge in [-0.2, -0.15) is 0 Å². The van der Waals surface area contributed by atoms with Crippen LogP contribution < -0.4 is 10.6 Å². The fourth-order valence-corrected chi connectivity index (χ4v) is 2.68. The van der Waals surface area contributed by atoms with Gasteiger partial charge in [0, 0.05) is 6.54 Å². The molecule has 24 heavy (non-hydrogen) atoms. The van der Waals surface area contributed by atoms with Gasteiger partial charge in [-0.15, -0.1) is 21.5 Å². The Morgan fingerprint density at radius 3 is 2.46 bits per heavy atom. The summed E-state index contributed by atoms with van der Waals surface area (Å²) in [4.78, 5) is 12.5. The molecule has 0 bridgehead atoms. The zero-order valence-corrected chi connectivity index (χ0v) is 13.5. The summed E-state index contributed by atoms with van der Waals surface area (Å²) in [5.41, 5.74) is 1.04. The molecular weight excluding hydrogens is 327 g/mol. The lowest BCUT2D eigenvalue weighted by Gasteiger charge is -2.06. The van der Waals surface area contributed by atoms with Crippen molar-refractivity contribution in [3.63, 3.8) is 0 Å². The number of halogens is 1. The van der Waals surface area contributed by atoms with Gasteiger partial charge in [0.1, 0.15) is 11.6 Å². The minimum absolute atomic E-state index is 0.198. The molecule has 7 heteroatoms. The van der Waals surface area contributed by atoms with Crippen LogP contribution in [0, 0.1) is 5.82 Å². The second-order valence-corrected chi connectivity index (χ2v) is 5.99. The minimum atomic E-state index is -0.238. The van der Waals surface area contributed by atoms with Crippen molar-refractivity contribution in [1.29, 1.82) is 0 Å². The summed E-state index contributed by atoms with van der Waals surface area (Å²) in [6.07, 6.45) is 0.749. The number of nitrogens with zero attached hydrogens (tertiary/aromatic N) is 2. The van der Waals surface area contributed by atoms with E-state index in [0.29, 0.717) is 23.1 Å². The highest BCUT2D eigenvalue weighted by atomic mass is 32.1. The molecule has 1 aromatic carbocycles. The standard InChI is InChI=1S/C17H15FN4OS/c18-13-5-3-12(4-6-13)9-10-19-15-7-8-16(22-21-15)20-17(23)14-2-1-11-24-14/h1-8,11H,9-10H2,(H,19,21)(H,20,22,23). The van der Waals surface area contributed by atoms with Gasteiger partial charge < -0.3 is 10.6 Å². The molecule has 0 aliphatic rings. The predicted octanol–water partition coefficient (Wildman–Crippen LogP) is 3.58. The lowest BCUT2D eigenvalue weighted by molar-refractivity contribution is 0.103. The SMILES string of the molecule is O=C(Nc1ccc(NCCc2ccc(F)cc2)nn1)c1cccs1. The van der Waals surface area contributed by atoms with Crippen LogP contribution in [0.2, 0.25) is 0 Å². The number of anilines is 2. The van der Waals surface area contributed by atoms with Crippen LogP contribution in [0.1, 0.15) is 15.2 Å². The monoisotopic (exact) mass is 342 g/mol. The number of amides is 1. The fourth-order valence-electron chi connectivity index (χ4n) is 2.06. The van der Waals surface area contributed by atoms with E-state index in [2.05, 4.69) is 20.8 Å². The zero-order valence-electron chi connectivity index (χ0n) is 12.7. The Hall–Kier alpha value is -2.80. The van der Waals surface area contributed by atoms with Gasteiger partial charge in [0.25, 0.3) is 5.91 Å². The van der Waals surface area contributed by atoms with E-state index in [1.807, 2.05) is 11.4 Å². The van der Waals surface area contributed by atoms with Gasteiger partial charge in [-0.1, -0.05) is 18.2 Å². The van der Waals surface area contributed by atoms with Crippen molar-refractivity contribution in [2.45, 2.75) is 6.42 Å². The Kier molecular flexibility index (Phi) is 5.12. The predicted molar refractivity (Wildman–Crippen MR) is 92.9 cm³/mol. The van der Waals surface area contributed by atoms with Crippen molar-refractivity contribution < 1.29 is 9.18 Å². The Labute approximate surface area is 142 Å². The molecule has 0 aliphatic carbocycles. The van der Waals surface area contributed by atoms with Crippen LogP contribution in [0.5, 0.6) is 0 Å². The maximum atomic E-state index is 12.8. The van der Waals surface area contributed by atoms with Crippen LogP contribution in [0.15, 0.2) is 53.9 Å². The highest BCUT2D eigenvalue weighted by Crippen LogP contribution is 2.12. The van der Waals surface area contributed by atoms with E-state index in [1.165, 1.54) is 23.5 Å². The minimum Gasteiger partial charge on any atom is -0.368 e. The highest BCUT2D eigenvalue weighted by Gasteiger charge is 2.07. The van der Waals surface area contributed by atoms with Crippen molar-refractivity contribution in [1.82, 2.24) is 10.2 Å². The van der Waals surface area contributed by atoms with Crippen LogP contribution in [-0.2, 0) is 6.42 Å². The molecule has 122 valence electrons. The van der Waals surface area contributed by atoms with Gasteiger partial charge in [-0.25, -0.2) is 4.39 Å². The Morgan fingerprint density at radius 1 is 1.04 bits per heavy atom. The van der Waals surface area contributed by atoms with Gasteiger partial charge in [-0.3, -0.25) is 4.79 Å². The molecule has 2 aromatic heterocycles. The van der Waals surface area contributed by atoms with Crippen molar-refractivity contribution in [3.05, 3.63) is 70.2 Å². The lowest BCUT2D eigenvalue weighted by atomic mass is 10.1. The van der Waals surface area contributed by atoms with Gasteiger partial charge in [-0.05, 0) is 47.7 Å². The van der Waals surface area contributed by atoms with E-state index >= 15 is 0 Å². The molecule has 0 unspecified atom stereocenters. The van der Waals surface area contributed by atoms with Crippen molar-refractivity contribution >= 4 is 28.9 Å². The molecule has 3 rings (SSSR count). The van der Waals surface area contributed by atoms with Crippen molar-refractivity contribution in [2.75, 3.05) is 17.2 Å². The first kappa shape index (κ1) is 16.1. The summed E-state index contributed by atoms with van der Waals surface area (Å²) in [7, 11) is 0. The molecule has 2 heterocycles. The van der Waals surface area contributed by atoms with Crippen LogP contribution in [-0.4, -0.2) is 22.6 Å². The van der Waals surface area contributed by atoms with E-state index in [-0.39, 0.29) is 11.7 Å². The number of carbonyl (C=O) groups excluding carboxylic acids is 1.